The topological polar surface area (TPSA) is 29.5 Å². The lowest BCUT2D eigenvalue weighted by Crippen LogP contribution is -2.14. The molecule has 0 radical (unpaired) electrons. The van der Waals surface area contributed by atoms with Gasteiger partial charge in [-0.15, -0.1) is 0 Å². The number of aliphatic hydroxyl groups excluding tert-OH is 1. The normalized spacial score (nSPS) is 12.6. The number of aryl methyl sites for hydroxylation is 3. The van der Waals surface area contributed by atoms with E-state index in [9.17, 15) is 5.11 Å². The molecule has 2 heteroatoms. The predicted molar refractivity (Wildman–Crippen MR) is 62.5 cm³/mol. The van der Waals surface area contributed by atoms with Gasteiger partial charge in [0.1, 0.15) is 12.4 Å². The van der Waals surface area contributed by atoms with Gasteiger partial charge in [-0.1, -0.05) is 19.1 Å². The Balaban J connectivity index is 2.88. The van der Waals surface area contributed by atoms with E-state index in [2.05, 4.69) is 19.1 Å². The van der Waals surface area contributed by atoms with E-state index in [0.29, 0.717) is 6.61 Å². The summed E-state index contributed by atoms with van der Waals surface area (Å²) in [7, 11) is 0. The predicted octanol–water partition coefficient (Wildman–Crippen LogP) is 2.63. The molecular weight excluding hydrogens is 188 g/mol. The molecule has 0 fully saturated rings. The van der Waals surface area contributed by atoms with Crippen molar-refractivity contribution in [2.75, 3.05) is 6.61 Å². The minimum Gasteiger partial charge on any atom is -0.490 e. The van der Waals surface area contributed by atoms with Crippen molar-refractivity contribution in [1.29, 1.82) is 0 Å². The van der Waals surface area contributed by atoms with Crippen molar-refractivity contribution in [2.24, 2.45) is 0 Å². The molecule has 0 aliphatic carbocycles. The van der Waals surface area contributed by atoms with Gasteiger partial charge in [0.15, 0.2) is 0 Å². The maximum absolute atomic E-state index is 9.17. The minimum absolute atomic E-state index is 0.354. The summed E-state index contributed by atoms with van der Waals surface area (Å²) in [6, 6.07) is 4.29. The third-order valence-corrected chi connectivity index (χ3v) is 2.40. The second-order valence-electron chi connectivity index (χ2n) is 4.07. The Bertz CT molecular complexity index is 306. The Labute approximate surface area is 91.9 Å². The molecule has 0 aromatic heterocycles. The molecule has 0 saturated heterocycles. The lowest BCUT2D eigenvalue weighted by atomic mass is 10.0. The quantitative estimate of drug-likeness (QED) is 0.824. The molecule has 0 saturated carbocycles. The van der Waals surface area contributed by atoms with Crippen LogP contribution in [-0.2, 0) is 6.42 Å². The van der Waals surface area contributed by atoms with Gasteiger partial charge in [0.2, 0.25) is 0 Å². The lowest BCUT2D eigenvalue weighted by molar-refractivity contribution is 0.122. The molecular formula is C13H20O2. The smallest absolute Gasteiger partial charge is 0.125 e. The van der Waals surface area contributed by atoms with Crippen LogP contribution in [0.2, 0.25) is 0 Å². The molecule has 0 amide bonds. The zero-order valence-electron chi connectivity index (χ0n) is 10.0. The van der Waals surface area contributed by atoms with Crippen LogP contribution in [0.15, 0.2) is 12.1 Å². The minimum atomic E-state index is -0.422. The monoisotopic (exact) mass is 208 g/mol. The van der Waals surface area contributed by atoms with E-state index in [-0.39, 0.29) is 0 Å². The van der Waals surface area contributed by atoms with Gasteiger partial charge in [-0.05, 0) is 43.9 Å². The number of rotatable bonds is 4. The highest BCUT2D eigenvalue weighted by atomic mass is 16.5. The molecule has 1 unspecified atom stereocenters. The number of benzene rings is 1. The van der Waals surface area contributed by atoms with E-state index >= 15 is 0 Å². The Hall–Kier alpha value is -1.02. The van der Waals surface area contributed by atoms with Gasteiger partial charge in [-0.3, -0.25) is 0 Å². The van der Waals surface area contributed by atoms with Crippen molar-refractivity contribution in [2.45, 2.75) is 40.2 Å². The summed E-state index contributed by atoms with van der Waals surface area (Å²) in [6.45, 7) is 8.32. The summed E-state index contributed by atoms with van der Waals surface area (Å²) >= 11 is 0. The average molecular weight is 208 g/mol. The molecule has 0 aliphatic heterocycles. The van der Waals surface area contributed by atoms with Gasteiger partial charge in [-0.25, -0.2) is 0 Å². The average Bonchev–Trinajstić information content (AvgIpc) is 2.15. The molecule has 0 aliphatic rings. The second kappa shape index (κ2) is 5.17. The van der Waals surface area contributed by atoms with Gasteiger partial charge in [0, 0.05) is 0 Å². The van der Waals surface area contributed by atoms with E-state index in [4.69, 9.17) is 4.74 Å². The van der Waals surface area contributed by atoms with E-state index in [0.717, 1.165) is 23.3 Å². The van der Waals surface area contributed by atoms with E-state index in [1.165, 1.54) is 5.56 Å². The Morgan fingerprint density at radius 2 is 1.80 bits per heavy atom. The fourth-order valence-corrected chi connectivity index (χ4v) is 1.68. The van der Waals surface area contributed by atoms with Gasteiger partial charge in [-0.2, -0.15) is 0 Å². The zero-order valence-corrected chi connectivity index (χ0v) is 10.0. The van der Waals surface area contributed by atoms with Crippen LogP contribution < -0.4 is 4.74 Å². The summed E-state index contributed by atoms with van der Waals surface area (Å²) < 4.78 is 5.58. The van der Waals surface area contributed by atoms with Gasteiger partial charge < -0.3 is 9.84 Å². The van der Waals surface area contributed by atoms with Crippen LogP contribution >= 0.6 is 0 Å². The van der Waals surface area contributed by atoms with Gasteiger partial charge in [0.05, 0.1) is 6.10 Å². The molecule has 1 aromatic rings. The standard InChI is InChI=1S/C13H20O2/c1-5-12-6-9(2)13(10(3)7-12)15-8-11(4)14/h6-7,11,14H,5,8H2,1-4H3. The molecule has 2 nitrogen and oxygen atoms in total. The summed E-state index contributed by atoms with van der Waals surface area (Å²) in [5.41, 5.74) is 3.62. The van der Waals surface area contributed by atoms with E-state index in [1.54, 1.807) is 6.92 Å². The van der Waals surface area contributed by atoms with Crippen molar-refractivity contribution >= 4 is 0 Å². The third kappa shape index (κ3) is 3.24. The number of hydrogen-bond donors (Lipinski definition) is 1. The van der Waals surface area contributed by atoms with Gasteiger partial charge >= 0.3 is 0 Å². The first-order valence-corrected chi connectivity index (χ1v) is 5.45. The first-order valence-electron chi connectivity index (χ1n) is 5.45. The summed E-state index contributed by atoms with van der Waals surface area (Å²) in [4.78, 5) is 0. The van der Waals surface area contributed by atoms with E-state index in [1.807, 2.05) is 13.8 Å². The highest BCUT2D eigenvalue weighted by Crippen LogP contribution is 2.25. The van der Waals surface area contributed by atoms with Crippen molar-refractivity contribution in [3.63, 3.8) is 0 Å². The van der Waals surface area contributed by atoms with Gasteiger partial charge in [0.25, 0.3) is 0 Å². The fourth-order valence-electron chi connectivity index (χ4n) is 1.68. The lowest BCUT2D eigenvalue weighted by Gasteiger charge is -2.14. The fraction of sp³-hybridized carbons (Fsp3) is 0.538. The Morgan fingerprint density at radius 3 is 2.20 bits per heavy atom. The molecule has 0 spiro atoms. The van der Waals surface area contributed by atoms with Crippen LogP contribution in [0.25, 0.3) is 0 Å². The maximum Gasteiger partial charge on any atom is 0.125 e. The molecule has 1 rings (SSSR count). The molecule has 1 N–H and O–H groups in total. The first-order chi connectivity index (χ1) is 7.04. The van der Waals surface area contributed by atoms with Crippen LogP contribution in [0.3, 0.4) is 0 Å². The second-order valence-corrected chi connectivity index (χ2v) is 4.07. The van der Waals surface area contributed by atoms with Crippen LogP contribution in [0, 0.1) is 13.8 Å². The van der Waals surface area contributed by atoms with Crippen LogP contribution in [0.5, 0.6) is 5.75 Å². The molecule has 0 bridgehead atoms. The summed E-state index contributed by atoms with van der Waals surface area (Å²) in [5, 5.41) is 9.17. The molecule has 1 aromatic carbocycles. The summed E-state index contributed by atoms with van der Waals surface area (Å²) in [6.07, 6.45) is 0.618. The van der Waals surface area contributed by atoms with Crippen LogP contribution in [-0.4, -0.2) is 17.8 Å². The van der Waals surface area contributed by atoms with Crippen molar-refractivity contribution in [3.05, 3.63) is 28.8 Å². The molecule has 15 heavy (non-hydrogen) atoms. The van der Waals surface area contributed by atoms with Crippen molar-refractivity contribution in [3.8, 4) is 5.75 Å². The number of hydrogen-bond acceptors (Lipinski definition) is 2. The number of aliphatic hydroxyl groups is 1. The summed E-state index contributed by atoms with van der Waals surface area (Å²) in [5.74, 6) is 0.910. The Morgan fingerprint density at radius 1 is 1.27 bits per heavy atom. The SMILES string of the molecule is CCc1cc(C)c(OCC(C)O)c(C)c1. The Kier molecular flexibility index (Phi) is 4.15. The molecule has 1 atom stereocenters. The maximum atomic E-state index is 9.17. The van der Waals surface area contributed by atoms with Crippen LogP contribution in [0.1, 0.15) is 30.5 Å². The van der Waals surface area contributed by atoms with Crippen molar-refractivity contribution < 1.29 is 9.84 Å². The zero-order chi connectivity index (χ0) is 11.4. The van der Waals surface area contributed by atoms with Crippen LogP contribution in [0.4, 0.5) is 0 Å². The highest BCUT2D eigenvalue weighted by Gasteiger charge is 2.06. The molecule has 0 heterocycles. The molecule has 84 valence electrons. The van der Waals surface area contributed by atoms with E-state index < -0.39 is 6.10 Å². The number of ether oxygens (including phenoxy) is 1. The first kappa shape index (κ1) is 12.1. The third-order valence-electron chi connectivity index (χ3n) is 2.40. The highest BCUT2D eigenvalue weighted by molar-refractivity contribution is 5.43. The van der Waals surface area contributed by atoms with Crippen molar-refractivity contribution in [1.82, 2.24) is 0 Å². The largest absolute Gasteiger partial charge is 0.490 e.